The van der Waals surface area contributed by atoms with Gasteiger partial charge in [0.05, 0.1) is 0 Å². The monoisotopic (exact) mass is 385 g/mol. The van der Waals surface area contributed by atoms with Crippen LogP contribution in [-0.2, 0) is 10.0 Å². The number of alkyl halides is 3. The molecule has 0 aromatic rings. The van der Waals surface area contributed by atoms with Gasteiger partial charge in [-0.25, -0.2) is 8.42 Å². The Morgan fingerprint density at radius 2 is 1.84 bits per heavy atom. The zero-order valence-electron chi connectivity index (χ0n) is 14.5. The van der Waals surface area contributed by atoms with Crippen LogP contribution in [0.3, 0.4) is 0 Å². The van der Waals surface area contributed by atoms with E-state index in [0.717, 1.165) is 26.1 Å². The van der Waals surface area contributed by atoms with Crippen molar-refractivity contribution in [2.75, 3.05) is 46.8 Å². The number of piperidine rings is 1. The van der Waals surface area contributed by atoms with Crippen LogP contribution in [0.15, 0.2) is 4.99 Å². The van der Waals surface area contributed by atoms with Gasteiger partial charge >= 0.3 is 15.5 Å². The van der Waals surface area contributed by atoms with Gasteiger partial charge in [0.25, 0.3) is 0 Å². The van der Waals surface area contributed by atoms with Crippen LogP contribution in [0, 0.1) is 5.92 Å². The van der Waals surface area contributed by atoms with Crippen LogP contribution in [0.1, 0.15) is 19.3 Å². The fourth-order valence-electron chi connectivity index (χ4n) is 3.21. The van der Waals surface area contributed by atoms with Crippen LogP contribution < -0.4 is 10.6 Å². The molecule has 0 aliphatic carbocycles. The molecule has 7 nitrogen and oxygen atoms in total. The summed E-state index contributed by atoms with van der Waals surface area (Å²) < 4.78 is 61.1. The molecule has 0 aromatic heterocycles. The third-order valence-electron chi connectivity index (χ3n) is 4.70. The smallest absolute Gasteiger partial charge is 0.356 e. The zero-order chi connectivity index (χ0) is 18.7. The molecule has 0 saturated carbocycles. The maximum Gasteiger partial charge on any atom is 0.511 e. The van der Waals surface area contributed by atoms with E-state index in [1.54, 1.807) is 7.05 Å². The summed E-state index contributed by atoms with van der Waals surface area (Å²) in [4.78, 5) is 6.40. The fraction of sp³-hybridized carbons (Fsp3) is 0.929. The average molecular weight is 385 g/mol. The highest BCUT2D eigenvalue weighted by molar-refractivity contribution is 7.90. The van der Waals surface area contributed by atoms with Crippen molar-refractivity contribution in [2.24, 2.45) is 10.9 Å². The molecule has 146 valence electrons. The molecule has 1 unspecified atom stereocenters. The summed E-state index contributed by atoms with van der Waals surface area (Å²) in [7, 11) is -1.51. The van der Waals surface area contributed by atoms with Crippen LogP contribution in [0.2, 0.25) is 0 Å². The van der Waals surface area contributed by atoms with Gasteiger partial charge in [0.2, 0.25) is 0 Å². The van der Waals surface area contributed by atoms with E-state index in [2.05, 4.69) is 27.6 Å². The maximum atomic E-state index is 12.6. The van der Waals surface area contributed by atoms with Crippen LogP contribution >= 0.6 is 0 Å². The Balaban J connectivity index is 1.78. The van der Waals surface area contributed by atoms with E-state index in [0.29, 0.717) is 29.0 Å². The lowest BCUT2D eigenvalue weighted by molar-refractivity contribution is -0.0494. The minimum absolute atomic E-state index is 0.0999. The number of hydrogen-bond donors (Lipinski definition) is 2. The van der Waals surface area contributed by atoms with Gasteiger partial charge in [-0.2, -0.15) is 17.5 Å². The molecule has 0 radical (unpaired) electrons. The van der Waals surface area contributed by atoms with Gasteiger partial charge in [0, 0.05) is 39.3 Å². The third-order valence-corrected chi connectivity index (χ3v) is 6.33. The van der Waals surface area contributed by atoms with E-state index in [4.69, 9.17) is 0 Å². The number of halogens is 3. The Morgan fingerprint density at radius 3 is 2.32 bits per heavy atom. The first-order valence-corrected chi connectivity index (χ1v) is 9.79. The number of nitrogens with zero attached hydrogens (tertiary/aromatic N) is 3. The highest BCUT2D eigenvalue weighted by Crippen LogP contribution is 2.28. The highest BCUT2D eigenvalue weighted by Gasteiger charge is 2.50. The van der Waals surface area contributed by atoms with Crippen molar-refractivity contribution >= 4 is 16.0 Å². The first-order chi connectivity index (χ1) is 11.6. The molecular formula is C14H26F3N5O2S. The first-order valence-electron chi connectivity index (χ1n) is 8.35. The van der Waals surface area contributed by atoms with Gasteiger partial charge < -0.3 is 15.5 Å². The summed E-state index contributed by atoms with van der Waals surface area (Å²) in [5.74, 6) is 1.15. The average Bonchev–Trinajstić information content (AvgIpc) is 2.96. The molecule has 2 aliphatic heterocycles. The van der Waals surface area contributed by atoms with Gasteiger partial charge in [-0.3, -0.25) is 4.99 Å². The lowest BCUT2D eigenvalue weighted by Gasteiger charge is -2.32. The quantitative estimate of drug-likeness (QED) is 0.542. The molecule has 11 heteroatoms. The van der Waals surface area contributed by atoms with Gasteiger partial charge in [-0.1, -0.05) is 0 Å². The second-order valence-electron chi connectivity index (χ2n) is 6.64. The van der Waals surface area contributed by atoms with Crippen molar-refractivity contribution in [1.29, 1.82) is 0 Å². The van der Waals surface area contributed by atoms with E-state index >= 15 is 0 Å². The molecule has 1 atom stereocenters. The molecular weight excluding hydrogens is 359 g/mol. The fourth-order valence-corrected chi connectivity index (χ4v) is 4.19. The lowest BCUT2D eigenvalue weighted by atomic mass is 10.1. The first kappa shape index (κ1) is 20.2. The van der Waals surface area contributed by atoms with Crippen molar-refractivity contribution in [2.45, 2.75) is 30.8 Å². The standard InChI is InChI=1S/C14H26F3N5O2S/c1-18-13(19-9-11-3-6-21(2)10-11)20-12-4-7-22(8-5-12)25(23,24)14(15,16)17/h11-12H,3-10H2,1-2H3,(H2,18,19,20). The summed E-state index contributed by atoms with van der Waals surface area (Å²) in [5, 5.41) is 6.42. The van der Waals surface area contributed by atoms with E-state index in [1.807, 2.05) is 0 Å². The molecule has 25 heavy (non-hydrogen) atoms. The van der Waals surface area contributed by atoms with Crippen molar-refractivity contribution in [3.8, 4) is 0 Å². The largest absolute Gasteiger partial charge is 0.511 e. The summed E-state index contributed by atoms with van der Waals surface area (Å²) in [6.07, 6.45) is 1.73. The SMILES string of the molecule is CN=C(NCC1CCN(C)C1)NC1CCN(S(=O)(=O)C(F)(F)F)CC1. The van der Waals surface area contributed by atoms with Crippen LogP contribution in [0.25, 0.3) is 0 Å². The van der Waals surface area contributed by atoms with E-state index in [9.17, 15) is 21.6 Å². The Hall–Kier alpha value is -1.07. The zero-order valence-corrected chi connectivity index (χ0v) is 15.3. The van der Waals surface area contributed by atoms with Gasteiger partial charge in [0.1, 0.15) is 0 Å². The number of likely N-dealkylation sites (tertiary alicyclic amines) is 1. The Morgan fingerprint density at radius 1 is 1.20 bits per heavy atom. The van der Waals surface area contributed by atoms with Crippen LogP contribution in [-0.4, -0.2) is 82.0 Å². The highest BCUT2D eigenvalue weighted by atomic mass is 32.2. The molecule has 2 rings (SSSR count). The van der Waals surface area contributed by atoms with Gasteiger partial charge in [-0.15, -0.1) is 0 Å². The number of nitrogens with one attached hydrogen (secondary N) is 2. The Bertz CT molecular complexity index is 574. The topological polar surface area (TPSA) is 77.0 Å². The molecule has 2 fully saturated rings. The minimum atomic E-state index is -5.24. The number of guanidine groups is 1. The van der Waals surface area contributed by atoms with E-state index < -0.39 is 15.5 Å². The van der Waals surface area contributed by atoms with E-state index in [-0.39, 0.29) is 19.1 Å². The Labute approximate surface area is 146 Å². The van der Waals surface area contributed by atoms with Crippen molar-refractivity contribution in [3.63, 3.8) is 0 Å². The second kappa shape index (κ2) is 8.09. The predicted molar refractivity (Wildman–Crippen MR) is 89.7 cm³/mol. The van der Waals surface area contributed by atoms with Crippen molar-refractivity contribution < 1.29 is 21.6 Å². The maximum absolute atomic E-state index is 12.6. The van der Waals surface area contributed by atoms with E-state index in [1.165, 1.54) is 0 Å². The van der Waals surface area contributed by atoms with Crippen molar-refractivity contribution in [1.82, 2.24) is 19.8 Å². The molecule has 0 spiro atoms. The predicted octanol–water partition coefficient (Wildman–Crippen LogP) is 0.417. The Kier molecular flexibility index (Phi) is 6.55. The number of sulfonamides is 1. The third kappa shape index (κ3) is 5.20. The number of rotatable bonds is 4. The van der Waals surface area contributed by atoms with Crippen LogP contribution in [0.5, 0.6) is 0 Å². The molecule has 0 amide bonds. The lowest BCUT2D eigenvalue weighted by Crippen LogP contribution is -2.52. The number of hydrogen-bond acceptors (Lipinski definition) is 4. The number of aliphatic imine (C=N–C) groups is 1. The van der Waals surface area contributed by atoms with Gasteiger partial charge in [0.15, 0.2) is 5.96 Å². The second-order valence-corrected chi connectivity index (χ2v) is 8.57. The summed E-state index contributed by atoms with van der Waals surface area (Å²) in [5.41, 5.74) is -5.24. The molecule has 2 heterocycles. The molecule has 2 N–H and O–H groups in total. The molecule has 0 aromatic carbocycles. The summed E-state index contributed by atoms with van der Waals surface area (Å²) >= 11 is 0. The van der Waals surface area contributed by atoms with Crippen LogP contribution in [0.4, 0.5) is 13.2 Å². The molecule has 2 saturated heterocycles. The molecule has 2 aliphatic rings. The molecule has 0 bridgehead atoms. The summed E-state index contributed by atoms with van der Waals surface area (Å²) in [6, 6.07) is -0.0999. The normalized spacial score (nSPS) is 25.3. The minimum Gasteiger partial charge on any atom is -0.356 e. The van der Waals surface area contributed by atoms with Crippen molar-refractivity contribution in [3.05, 3.63) is 0 Å². The van der Waals surface area contributed by atoms with Gasteiger partial charge in [-0.05, 0) is 38.8 Å². The summed E-state index contributed by atoms with van der Waals surface area (Å²) in [6.45, 7) is 2.58.